The van der Waals surface area contributed by atoms with Crippen LogP contribution >= 0.6 is 0 Å². The smallest absolute Gasteiger partial charge is 0.243 e. The molecule has 1 saturated carbocycles. The van der Waals surface area contributed by atoms with E-state index in [2.05, 4.69) is 24.0 Å². The summed E-state index contributed by atoms with van der Waals surface area (Å²) in [5.41, 5.74) is 1.18. The van der Waals surface area contributed by atoms with E-state index in [0.29, 0.717) is 6.10 Å². The first-order chi connectivity index (χ1) is 9.67. The fourth-order valence-corrected chi connectivity index (χ4v) is 2.65. The third-order valence-electron chi connectivity index (χ3n) is 3.62. The molecule has 0 aromatic heterocycles. The molecule has 0 radical (unpaired) electrons. The van der Waals surface area contributed by atoms with Crippen molar-refractivity contribution in [3.63, 3.8) is 0 Å². The van der Waals surface area contributed by atoms with E-state index in [1.54, 1.807) is 0 Å². The molecule has 1 unspecified atom stereocenters. The zero-order chi connectivity index (χ0) is 14.4. The molecule has 0 saturated heterocycles. The zero-order valence-electron chi connectivity index (χ0n) is 12.1. The van der Waals surface area contributed by atoms with E-state index in [0.717, 1.165) is 25.0 Å². The lowest BCUT2D eigenvalue weighted by molar-refractivity contribution is -0.117. The molecule has 2 rings (SSSR count). The molecular formula is C17H23NO2. The molecule has 1 amide bonds. The summed E-state index contributed by atoms with van der Waals surface area (Å²) in [5, 5.41) is 2.87. The van der Waals surface area contributed by atoms with Gasteiger partial charge in [0.2, 0.25) is 5.91 Å². The van der Waals surface area contributed by atoms with Gasteiger partial charge in [-0.05, 0) is 62.8 Å². The summed E-state index contributed by atoms with van der Waals surface area (Å²) in [6.45, 7) is 5.45. The number of hydrogen-bond acceptors (Lipinski definition) is 2. The Labute approximate surface area is 121 Å². The van der Waals surface area contributed by atoms with Crippen molar-refractivity contribution in [3.05, 3.63) is 42.5 Å². The molecular weight excluding hydrogens is 250 g/mol. The molecule has 1 atom stereocenters. The van der Waals surface area contributed by atoms with E-state index in [1.165, 1.54) is 24.5 Å². The van der Waals surface area contributed by atoms with E-state index in [-0.39, 0.29) is 11.9 Å². The second-order valence-corrected chi connectivity index (χ2v) is 5.49. The van der Waals surface area contributed by atoms with E-state index >= 15 is 0 Å². The maximum absolute atomic E-state index is 11.3. The lowest BCUT2D eigenvalue weighted by Gasteiger charge is -2.16. The van der Waals surface area contributed by atoms with Crippen LogP contribution in [-0.2, 0) is 11.2 Å². The van der Waals surface area contributed by atoms with Gasteiger partial charge in [-0.2, -0.15) is 0 Å². The van der Waals surface area contributed by atoms with Gasteiger partial charge in [0, 0.05) is 6.04 Å². The van der Waals surface area contributed by atoms with Crippen molar-refractivity contribution in [3.8, 4) is 5.75 Å². The normalized spacial score (nSPS) is 16.6. The number of amides is 1. The third kappa shape index (κ3) is 4.41. The van der Waals surface area contributed by atoms with Gasteiger partial charge in [0.05, 0.1) is 6.10 Å². The average Bonchev–Trinajstić information content (AvgIpc) is 2.91. The molecule has 108 valence electrons. The Hall–Kier alpha value is -1.77. The summed E-state index contributed by atoms with van der Waals surface area (Å²) in [7, 11) is 0. The Morgan fingerprint density at radius 3 is 2.95 bits per heavy atom. The first-order valence-electron chi connectivity index (χ1n) is 7.36. The standard InChI is InChI=1S/C17H23NO2/c1-3-17(19)18-13(2)11-14-7-6-10-16(12-14)20-15-8-4-5-9-15/h3,6-7,10,12-13,15H,1,4-5,8-9,11H2,2H3,(H,18,19). The minimum absolute atomic E-state index is 0.0854. The molecule has 0 aliphatic heterocycles. The Bertz CT molecular complexity index is 464. The van der Waals surface area contributed by atoms with Crippen molar-refractivity contribution in [1.29, 1.82) is 0 Å². The monoisotopic (exact) mass is 273 g/mol. The first-order valence-corrected chi connectivity index (χ1v) is 7.36. The van der Waals surface area contributed by atoms with Crippen LogP contribution in [0.25, 0.3) is 0 Å². The summed E-state index contributed by atoms with van der Waals surface area (Å²) >= 11 is 0. The second kappa shape index (κ2) is 7.13. The number of carbonyl (C=O) groups excluding carboxylic acids is 1. The van der Waals surface area contributed by atoms with E-state index < -0.39 is 0 Å². The number of hydrogen-bond donors (Lipinski definition) is 1. The SMILES string of the molecule is C=CC(=O)NC(C)Cc1cccc(OC2CCCC2)c1. The molecule has 1 N–H and O–H groups in total. The second-order valence-electron chi connectivity index (χ2n) is 5.49. The predicted octanol–water partition coefficient (Wildman–Crippen LogP) is 3.24. The highest BCUT2D eigenvalue weighted by atomic mass is 16.5. The first kappa shape index (κ1) is 14.6. The van der Waals surface area contributed by atoms with Crippen molar-refractivity contribution < 1.29 is 9.53 Å². The topological polar surface area (TPSA) is 38.3 Å². The Balaban J connectivity index is 1.91. The zero-order valence-corrected chi connectivity index (χ0v) is 12.1. The van der Waals surface area contributed by atoms with Gasteiger partial charge in [-0.25, -0.2) is 0 Å². The molecule has 0 heterocycles. The van der Waals surface area contributed by atoms with Crippen molar-refractivity contribution in [2.75, 3.05) is 0 Å². The van der Waals surface area contributed by atoms with Crippen LogP contribution in [0.5, 0.6) is 5.75 Å². The van der Waals surface area contributed by atoms with Gasteiger partial charge in [0.1, 0.15) is 5.75 Å². The highest BCUT2D eigenvalue weighted by Gasteiger charge is 2.16. The third-order valence-corrected chi connectivity index (χ3v) is 3.62. The van der Waals surface area contributed by atoms with Crippen LogP contribution in [0, 0.1) is 0 Å². The fourth-order valence-electron chi connectivity index (χ4n) is 2.65. The minimum atomic E-state index is -0.129. The van der Waals surface area contributed by atoms with Crippen molar-refractivity contribution in [1.82, 2.24) is 5.32 Å². The number of benzene rings is 1. The van der Waals surface area contributed by atoms with Crippen LogP contribution in [0.3, 0.4) is 0 Å². The number of nitrogens with one attached hydrogen (secondary N) is 1. The van der Waals surface area contributed by atoms with Gasteiger partial charge in [0.15, 0.2) is 0 Å². The van der Waals surface area contributed by atoms with E-state index in [1.807, 2.05) is 19.1 Å². The van der Waals surface area contributed by atoms with Gasteiger partial charge in [-0.15, -0.1) is 0 Å². The number of carbonyl (C=O) groups is 1. The maximum atomic E-state index is 11.3. The molecule has 0 bridgehead atoms. The lowest BCUT2D eigenvalue weighted by Crippen LogP contribution is -2.32. The van der Waals surface area contributed by atoms with Gasteiger partial charge in [-0.1, -0.05) is 18.7 Å². The highest BCUT2D eigenvalue weighted by Crippen LogP contribution is 2.24. The van der Waals surface area contributed by atoms with Crippen LogP contribution in [0.15, 0.2) is 36.9 Å². The number of rotatable bonds is 6. The Kier molecular flexibility index (Phi) is 5.22. The van der Waals surface area contributed by atoms with E-state index in [9.17, 15) is 4.79 Å². The molecule has 1 aromatic carbocycles. The van der Waals surface area contributed by atoms with Crippen molar-refractivity contribution >= 4 is 5.91 Å². The molecule has 3 heteroatoms. The summed E-state index contributed by atoms with van der Waals surface area (Å²) in [6.07, 6.45) is 7.34. The van der Waals surface area contributed by atoms with Gasteiger partial charge < -0.3 is 10.1 Å². The van der Waals surface area contributed by atoms with Crippen LogP contribution < -0.4 is 10.1 Å². The van der Waals surface area contributed by atoms with Gasteiger partial charge in [0.25, 0.3) is 0 Å². The largest absolute Gasteiger partial charge is 0.490 e. The lowest BCUT2D eigenvalue weighted by atomic mass is 10.1. The van der Waals surface area contributed by atoms with Crippen molar-refractivity contribution in [2.24, 2.45) is 0 Å². The summed E-state index contributed by atoms with van der Waals surface area (Å²) in [5.74, 6) is 0.813. The predicted molar refractivity (Wildman–Crippen MR) is 80.8 cm³/mol. The van der Waals surface area contributed by atoms with Crippen molar-refractivity contribution in [2.45, 2.75) is 51.2 Å². The summed E-state index contributed by atoms with van der Waals surface area (Å²) < 4.78 is 6.00. The molecule has 3 nitrogen and oxygen atoms in total. The Morgan fingerprint density at radius 2 is 2.25 bits per heavy atom. The molecule has 0 spiro atoms. The molecule has 1 aromatic rings. The molecule has 20 heavy (non-hydrogen) atoms. The van der Waals surface area contributed by atoms with Crippen LogP contribution in [0.4, 0.5) is 0 Å². The van der Waals surface area contributed by atoms with Crippen LogP contribution in [0.2, 0.25) is 0 Å². The van der Waals surface area contributed by atoms with Gasteiger partial charge >= 0.3 is 0 Å². The molecule has 1 aliphatic rings. The number of ether oxygens (including phenoxy) is 1. The van der Waals surface area contributed by atoms with Crippen LogP contribution in [0.1, 0.15) is 38.2 Å². The van der Waals surface area contributed by atoms with E-state index in [4.69, 9.17) is 4.74 Å². The Morgan fingerprint density at radius 1 is 1.50 bits per heavy atom. The average molecular weight is 273 g/mol. The van der Waals surface area contributed by atoms with Gasteiger partial charge in [-0.3, -0.25) is 4.79 Å². The summed E-state index contributed by atoms with van der Waals surface area (Å²) in [6, 6.07) is 8.26. The maximum Gasteiger partial charge on any atom is 0.243 e. The summed E-state index contributed by atoms with van der Waals surface area (Å²) in [4.78, 5) is 11.3. The minimum Gasteiger partial charge on any atom is -0.490 e. The molecule has 1 fully saturated rings. The fraction of sp³-hybridized carbons (Fsp3) is 0.471. The quantitative estimate of drug-likeness (QED) is 0.808. The highest BCUT2D eigenvalue weighted by molar-refractivity contribution is 5.87. The molecule has 1 aliphatic carbocycles. The van der Waals surface area contributed by atoms with Crippen LogP contribution in [-0.4, -0.2) is 18.1 Å².